The number of anilines is 2. The summed E-state index contributed by atoms with van der Waals surface area (Å²) in [6, 6.07) is 15.2. The molecule has 0 unspecified atom stereocenters. The molecule has 30 heavy (non-hydrogen) atoms. The number of benzene rings is 1. The summed E-state index contributed by atoms with van der Waals surface area (Å²) < 4.78 is 0. The number of nitrogens with zero attached hydrogens (tertiary/aromatic N) is 4. The van der Waals surface area contributed by atoms with Crippen LogP contribution in [-0.4, -0.2) is 21.6 Å². The van der Waals surface area contributed by atoms with Crippen molar-refractivity contribution in [3.8, 4) is 23.3 Å². The van der Waals surface area contributed by atoms with Crippen molar-refractivity contribution in [3.63, 3.8) is 0 Å². The number of carbonyl (C=O) groups is 1. The van der Waals surface area contributed by atoms with E-state index in [1.165, 1.54) is 11.8 Å². The fourth-order valence-electron chi connectivity index (χ4n) is 2.81. The van der Waals surface area contributed by atoms with Gasteiger partial charge in [0, 0.05) is 23.9 Å². The number of aromatic nitrogens is 2. The van der Waals surface area contributed by atoms with Crippen LogP contribution < -0.4 is 11.1 Å². The Bertz CT molecular complexity index is 1150. The summed E-state index contributed by atoms with van der Waals surface area (Å²) in [5, 5.41) is 22.5. The van der Waals surface area contributed by atoms with Gasteiger partial charge in [-0.25, -0.2) is 4.98 Å². The second-order valence-corrected chi connectivity index (χ2v) is 7.49. The van der Waals surface area contributed by atoms with Crippen LogP contribution in [0.1, 0.15) is 23.1 Å². The summed E-state index contributed by atoms with van der Waals surface area (Å²) in [5.74, 6) is 0.288. The van der Waals surface area contributed by atoms with E-state index in [4.69, 9.17) is 5.73 Å². The third kappa shape index (κ3) is 4.75. The summed E-state index contributed by atoms with van der Waals surface area (Å²) in [7, 11) is 0. The molecule has 148 valence electrons. The first kappa shape index (κ1) is 20.8. The summed E-state index contributed by atoms with van der Waals surface area (Å²) >= 11 is 1.26. The van der Waals surface area contributed by atoms with Gasteiger partial charge in [-0.15, -0.1) is 11.8 Å². The Morgan fingerprint density at radius 1 is 1.17 bits per heavy atom. The van der Waals surface area contributed by atoms with Crippen molar-refractivity contribution in [2.45, 2.75) is 18.4 Å². The molecule has 0 bridgehead atoms. The van der Waals surface area contributed by atoms with E-state index < -0.39 is 0 Å². The lowest BCUT2D eigenvalue weighted by Crippen LogP contribution is -2.12. The summed E-state index contributed by atoms with van der Waals surface area (Å²) in [6.07, 6.45) is 3.41. The Morgan fingerprint density at radius 3 is 2.53 bits per heavy atom. The fraction of sp³-hybridized carbons (Fsp3) is 0.136. The van der Waals surface area contributed by atoms with Crippen LogP contribution in [0.4, 0.5) is 11.5 Å². The lowest BCUT2D eigenvalue weighted by molar-refractivity contribution is -0.115. The maximum absolute atomic E-state index is 12.1. The molecule has 0 aliphatic heterocycles. The highest BCUT2D eigenvalue weighted by Crippen LogP contribution is 2.35. The van der Waals surface area contributed by atoms with Crippen LogP contribution >= 0.6 is 11.8 Å². The number of thioether (sulfide) groups is 1. The predicted molar refractivity (Wildman–Crippen MR) is 116 cm³/mol. The predicted octanol–water partition coefficient (Wildman–Crippen LogP) is 3.90. The quantitative estimate of drug-likeness (QED) is 0.585. The maximum Gasteiger partial charge on any atom is 0.225 e. The maximum atomic E-state index is 12.1. The third-order valence-corrected chi connectivity index (χ3v) is 5.25. The van der Waals surface area contributed by atoms with Gasteiger partial charge in [0.1, 0.15) is 28.5 Å². The van der Waals surface area contributed by atoms with Crippen molar-refractivity contribution in [2.75, 3.05) is 16.8 Å². The van der Waals surface area contributed by atoms with Crippen LogP contribution in [0.3, 0.4) is 0 Å². The molecular formula is C22H18N6OS. The number of nitriles is 2. The molecule has 3 rings (SSSR count). The molecule has 3 N–H and O–H groups in total. The molecule has 0 atom stereocenters. The van der Waals surface area contributed by atoms with Gasteiger partial charge in [-0.05, 0) is 24.6 Å². The first-order chi connectivity index (χ1) is 14.5. The van der Waals surface area contributed by atoms with E-state index in [0.717, 1.165) is 11.1 Å². The lowest BCUT2D eigenvalue weighted by atomic mass is 9.96. The zero-order chi connectivity index (χ0) is 21.5. The van der Waals surface area contributed by atoms with Crippen molar-refractivity contribution < 1.29 is 4.79 Å². The molecule has 0 aliphatic carbocycles. The van der Waals surface area contributed by atoms with E-state index in [1.807, 2.05) is 31.2 Å². The minimum atomic E-state index is -0.172. The molecule has 8 heteroatoms. The van der Waals surface area contributed by atoms with Gasteiger partial charge >= 0.3 is 0 Å². The smallest absolute Gasteiger partial charge is 0.225 e. The van der Waals surface area contributed by atoms with Gasteiger partial charge in [0.2, 0.25) is 5.91 Å². The lowest BCUT2D eigenvalue weighted by Gasteiger charge is -2.13. The highest BCUT2D eigenvalue weighted by atomic mass is 32.2. The van der Waals surface area contributed by atoms with Crippen LogP contribution in [0, 0.1) is 29.6 Å². The molecule has 2 aromatic heterocycles. The van der Waals surface area contributed by atoms with E-state index in [0.29, 0.717) is 22.0 Å². The van der Waals surface area contributed by atoms with Crippen LogP contribution in [0.2, 0.25) is 0 Å². The minimum absolute atomic E-state index is 0.0642. The number of hydrogen-bond donors (Lipinski definition) is 2. The molecular weight excluding hydrogens is 396 g/mol. The zero-order valence-electron chi connectivity index (χ0n) is 16.2. The van der Waals surface area contributed by atoms with E-state index in [9.17, 15) is 15.3 Å². The van der Waals surface area contributed by atoms with Crippen LogP contribution in [0.5, 0.6) is 0 Å². The number of pyridine rings is 2. The van der Waals surface area contributed by atoms with Gasteiger partial charge in [-0.2, -0.15) is 10.5 Å². The van der Waals surface area contributed by atoms with Crippen LogP contribution in [-0.2, 0) is 4.79 Å². The number of nitrogens with two attached hydrogens (primary N) is 1. The molecule has 0 spiro atoms. The summed E-state index contributed by atoms with van der Waals surface area (Å²) in [4.78, 5) is 20.3. The Labute approximate surface area is 178 Å². The van der Waals surface area contributed by atoms with Crippen LogP contribution in [0.25, 0.3) is 11.1 Å². The molecule has 0 fully saturated rings. The monoisotopic (exact) mass is 414 g/mol. The second-order valence-electron chi connectivity index (χ2n) is 6.41. The molecule has 7 nitrogen and oxygen atoms in total. The highest BCUT2D eigenvalue weighted by Gasteiger charge is 2.20. The highest BCUT2D eigenvalue weighted by molar-refractivity contribution is 7.99. The first-order valence-corrected chi connectivity index (χ1v) is 10.1. The van der Waals surface area contributed by atoms with Gasteiger partial charge in [-0.3, -0.25) is 9.78 Å². The minimum Gasteiger partial charge on any atom is -0.383 e. The Morgan fingerprint density at radius 2 is 1.90 bits per heavy atom. The molecule has 2 heterocycles. The summed E-state index contributed by atoms with van der Waals surface area (Å²) in [5.41, 5.74) is 9.34. The standard InChI is InChI=1S/C22H18N6OS/c1-14-4-6-15(7-5-14)20-17(11-23)21(25)28-22(18(20)12-24)30-10-8-19(29)27-16-3-2-9-26-13-16/h2-7,9,13H,8,10H2,1H3,(H2,25,28)(H,27,29). The van der Waals surface area contributed by atoms with E-state index >= 15 is 0 Å². The SMILES string of the molecule is Cc1ccc(-c2c(C#N)c(N)nc(SCCC(=O)Nc3cccnc3)c2C#N)cc1. The average molecular weight is 414 g/mol. The normalized spacial score (nSPS) is 10.1. The second kappa shape index (κ2) is 9.55. The van der Waals surface area contributed by atoms with Gasteiger partial charge in [0.05, 0.1) is 17.4 Å². The van der Waals surface area contributed by atoms with Crippen molar-refractivity contribution in [3.05, 3.63) is 65.5 Å². The van der Waals surface area contributed by atoms with Crippen molar-refractivity contribution in [1.82, 2.24) is 9.97 Å². The average Bonchev–Trinajstić information content (AvgIpc) is 2.74. The number of rotatable bonds is 6. The molecule has 0 saturated heterocycles. The van der Waals surface area contributed by atoms with Gasteiger partial charge in [0.15, 0.2) is 0 Å². The van der Waals surface area contributed by atoms with Crippen molar-refractivity contribution in [2.24, 2.45) is 0 Å². The van der Waals surface area contributed by atoms with Gasteiger partial charge in [-0.1, -0.05) is 29.8 Å². The van der Waals surface area contributed by atoms with Crippen LogP contribution in [0.15, 0.2) is 53.8 Å². The van der Waals surface area contributed by atoms with E-state index in [-0.39, 0.29) is 29.3 Å². The largest absolute Gasteiger partial charge is 0.383 e. The number of nitrogens with one attached hydrogen (secondary N) is 1. The topological polar surface area (TPSA) is 128 Å². The number of carbonyl (C=O) groups excluding carboxylic acids is 1. The fourth-order valence-corrected chi connectivity index (χ4v) is 3.75. The Kier molecular flexibility index (Phi) is 6.63. The molecule has 0 saturated carbocycles. The van der Waals surface area contributed by atoms with Gasteiger partial charge in [0.25, 0.3) is 0 Å². The molecule has 3 aromatic rings. The zero-order valence-corrected chi connectivity index (χ0v) is 17.0. The Hall–Kier alpha value is -3.88. The molecule has 1 amide bonds. The molecule has 1 aromatic carbocycles. The van der Waals surface area contributed by atoms with E-state index in [1.54, 1.807) is 24.5 Å². The number of nitrogen functional groups attached to an aromatic ring is 1. The number of hydrogen-bond acceptors (Lipinski definition) is 7. The van der Waals surface area contributed by atoms with Crippen molar-refractivity contribution in [1.29, 1.82) is 10.5 Å². The number of amides is 1. The Balaban J connectivity index is 1.83. The van der Waals surface area contributed by atoms with E-state index in [2.05, 4.69) is 27.4 Å². The third-order valence-electron chi connectivity index (χ3n) is 4.27. The van der Waals surface area contributed by atoms with Gasteiger partial charge < -0.3 is 11.1 Å². The first-order valence-electron chi connectivity index (χ1n) is 9.07. The summed E-state index contributed by atoms with van der Waals surface area (Å²) in [6.45, 7) is 1.96. The number of aryl methyl sites for hydroxylation is 1. The van der Waals surface area contributed by atoms with Crippen molar-refractivity contribution >= 4 is 29.2 Å². The molecule has 0 aliphatic rings. The molecule has 0 radical (unpaired) electrons.